The highest BCUT2D eigenvalue weighted by molar-refractivity contribution is 6.39. The van der Waals surface area contributed by atoms with Gasteiger partial charge in [-0.05, 0) is 0 Å². The normalized spacial score (nSPS) is 20.6. The van der Waals surface area contributed by atoms with Crippen molar-refractivity contribution in [3.8, 4) is 0 Å². The largest absolute Gasteiger partial charge is 0.287 e. The third-order valence-corrected chi connectivity index (χ3v) is 1.40. The molecule has 10 heavy (non-hydrogen) atoms. The van der Waals surface area contributed by atoms with Gasteiger partial charge >= 0.3 is 0 Å². The molecule has 0 saturated carbocycles. The topological polar surface area (TPSA) is 41.8 Å². The molecule has 0 amide bonds. The lowest BCUT2D eigenvalue weighted by molar-refractivity contribution is -0.109. The first kappa shape index (κ1) is 5.29. The van der Waals surface area contributed by atoms with Crippen molar-refractivity contribution < 1.29 is 4.79 Å². The van der Waals surface area contributed by atoms with Crippen molar-refractivity contribution in [2.75, 3.05) is 0 Å². The molecule has 0 aromatic carbocycles. The van der Waals surface area contributed by atoms with Crippen molar-refractivity contribution in [3.63, 3.8) is 0 Å². The second-order valence-electron chi connectivity index (χ2n) is 2.05. The molecule has 0 spiro atoms. The highest BCUT2D eigenvalue weighted by Crippen LogP contribution is 2.16. The molecule has 0 radical (unpaired) electrons. The van der Waals surface area contributed by atoms with E-state index in [1.165, 1.54) is 6.21 Å². The molecule has 3 heteroatoms. The smallest absolute Gasteiger partial charge is 0.206 e. The van der Waals surface area contributed by atoms with E-state index in [9.17, 15) is 4.79 Å². The van der Waals surface area contributed by atoms with E-state index in [-0.39, 0.29) is 5.78 Å². The number of carbonyl (C=O) groups excluding carboxylic acids is 1. The monoisotopic (exact) mass is 132 g/mol. The van der Waals surface area contributed by atoms with Crippen molar-refractivity contribution in [2.45, 2.75) is 0 Å². The van der Waals surface area contributed by atoms with Crippen LogP contribution in [-0.2, 0) is 4.79 Å². The summed E-state index contributed by atoms with van der Waals surface area (Å²) in [6, 6.07) is 0. The van der Waals surface area contributed by atoms with Gasteiger partial charge in [0.1, 0.15) is 0 Å². The minimum Gasteiger partial charge on any atom is -0.287 e. The number of nitrogens with zero attached hydrogens (tertiary/aromatic N) is 2. The lowest BCUT2D eigenvalue weighted by atomic mass is 10.1. The first-order chi connectivity index (χ1) is 4.88. The van der Waals surface area contributed by atoms with E-state index in [0.717, 1.165) is 5.57 Å². The van der Waals surface area contributed by atoms with E-state index >= 15 is 0 Å². The Bertz CT molecular complexity index is 302. The second-order valence-corrected chi connectivity index (χ2v) is 2.05. The summed E-state index contributed by atoms with van der Waals surface area (Å²) < 4.78 is 0. The molecule has 0 bridgehead atoms. The lowest BCUT2D eigenvalue weighted by Gasteiger charge is -1.99. The fourth-order valence-corrected chi connectivity index (χ4v) is 0.900. The predicted molar refractivity (Wildman–Crippen MR) is 38.2 cm³/mol. The molecule has 0 atom stereocenters. The molecule has 0 N–H and O–H groups in total. The number of hydrogen-bond acceptors (Lipinski definition) is 3. The second kappa shape index (κ2) is 1.73. The maximum atomic E-state index is 10.9. The summed E-state index contributed by atoms with van der Waals surface area (Å²) in [7, 11) is 0. The number of hydrogen-bond donors (Lipinski definition) is 0. The maximum absolute atomic E-state index is 10.9. The minimum atomic E-state index is -0.0602. The zero-order chi connectivity index (χ0) is 6.97. The Morgan fingerprint density at radius 3 is 2.70 bits per heavy atom. The number of carbonyl (C=O) groups is 1. The SMILES string of the molecule is O=C1C=NC=C2C=NC=C12. The zero-order valence-corrected chi connectivity index (χ0v) is 5.11. The standard InChI is InChI=1S/C7H4N2O/c10-7-4-9-2-5-1-8-3-6(5)7/h1-4H. The van der Waals surface area contributed by atoms with E-state index in [1.54, 1.807) is 18.6 Å². The first-order valence-corrected chi connectivity index (χ1v) is 2.89. The first-order valence-electron chi connectivity index (χ1n) is 2.89. The van der Waals surface area contributed by atoms with Gasteiger partial charge in [0, 0.05) is 24.2 Å². The van der Waals surface area contributed by atoms with Gasteiger partial charge in [0.15, 0.2) is 0 Å². The Morgan fingerprint density at radius 1 is 1.10 bits per heavy atom. The van der Waals surface area contributed by atoms with Gasteiger partial charge in [-0.15, -0.1) is 0 Å². The van der Waals surface area contributed by atoms with Crippen molar-refractivity contribution in [2.24, 2.45) is 9.98 Å². The fourth-order valence-electron chi connectivity index (χ4n) is 0.900. The van der Waals surface area contributed by atoms with E-state index in [2.05, 4.69) is 9.98 Å². The van der Waals surface area contributed by atoms with Crippen LogP contribution in [0.1, 0.15) is 0 Å². The van der Waals surface area contributed by atoms with Crippen LogP contribution < -0.4 is 0 Å². The number of allylic oxidation sites excluding steroid dienone is 2. The summed E-state index contributed by atoms with van der Waals surface area (Å²) in [4.78, 5) is 18.5. The summed E-state index contributed by atoms with van der Waals surface area (Å²) in [6.07, 6.45) is 6.11. The van der Waals surface area contributed by atoms with Crippen LogP contribution in [0, 0.1) is 0 Å². The summed E-state index contributed by atoms with van der Waals surface area (Å²) in [5.41, 5.74) is 1.46. The quantitative estimate of drug-likeness (QED) is 0.473. The maximum Gasteiger partial charge on any atom is 0.206 e. The molecule has 0 saturated heterocycles. The fraction of sp³-hybridized carbons (Fsp3) is 0. The molecule has 2 rings (SSSR count). The van der Waals surface area contributed by atoms with Gasteiger partial charge in [-0.3, -0.25) is 14.8 Å². The van der Waals surface area contributed by atoms with Crippen LogP contribution in [-0.4, -0.2) is 18.2 Å². The Balaban J connectivity index is 2.54. The Kier molecular flexibility index (Phi) is 0.917. The van der Waals surface area contributed by atoms with Crippen molar-refractivity contribution in [1.82, 2.24) is 0 Å². The number of ketones is 1. The van der Waals surface area contributed by atoms with Gasteiger partial charge in [0.2, 0.25) is 5.78 Å². The molecule has 0 fully saturated rings. The van der Waals surface area contributed by atoms with Gasteiger partial charge in [-0.2, -0.15) is 0 Å². The van der Waals surface area contributed by atoms with Gasteiger partial charge in [-0.25, -0.2) is 0 Å². The Labute approximate surface area is 57.5 Å². The van der Waals surface area contributed by atoms with Gasteiger partial charge in [0.05, 0.1) is 11.8 Å². The molecule has 3 nitrogen and oxygen atoms in total. The Morgan fingerprint density at radius 2 is 1.90 bits per heavy atom. The highest BCUT2D eigenvalue weighted by Gasteiger charge is 2.16. The Hall–Kier alpha value is -1.51. The molecular formula is C7H4N2O. The van der Waals surface area contributed by atoms with E-state index in [0.29, 0.717) is 5.57 Å². The average molecular weight is 132 g/mol. The molecule has 0 aliphatic carbocycles. The van der Waals surface area contributed by atoms with Crippen LogP contribution in [0.4, 0.5) is 0 Å². The van der Waals surface area contributed by atoms with Gasteiger partial charge in [0.25, 0.3) is 0 Å². The number of aliphatic imine (C=N–C) groups is 2. The lowest BCUT2D eigenvalue weighted by Crippen LogP contribution is -2.07. The van der Waals surface area contributed by atoms with Crippen LogP contribution in [0.2, 0.25) is 0 Å². The van der Waals surface area contributed by atoms with Gasteiger partial charge in [-0.1, -0.05) is 0 Å². The van der Waals surface area contributed by atoms with Crippen LogP contribution >= 0.6 is 0 Å². The third kappa shape index (κ3) is 0.572. The molecule has 0 unspecified atom stereocenters. The summed E-state index contributed by atoms with van der Waals surface area (Å²) in [5, 5.41) is 0. The number of rotatable bonds is 0. The van der Waals surface area contributed by atoms with Crippen LogP contribution in [0.15, 0.2) is 33.5 Å². The molecule has 0 aromatic heterocycles. The van der Waals surface area contributed by atoms with Crippen LogP contribution in [0.25, 0.3) is 0 Å². The van der Waals surface area contributed by atoms with E-state index in [4.69, 9.17) is 0 Å². The molecule has 2 aliphatic rings. The minimum absolute atomic E-state index is 0.0602. The molecule has 0 aromatic rings. The van der Waals surface area contributed by atoms with Crippen molar-refractivity contribution >= 4 is 18.2 Å². The number of fused-ring (bicyclic) bond motifs is 1. The predicted octanol–water partition coefficient (Wildman–Crippen LogP) is 0.492. The molecule has 2 aliphatic heterocycles. The van der Waals surface area contributed by atoms with Crippen molar-refractivity contribution in [1.29, 1.82) is 0 Å². The average Bonchev–Trinajstić information content (AvgIpc) is 2.36. The highest BCUT2D eigenvalue weighted by atomic mass is 16.1. The molecular weight excluding hydrogens is 128 g/mol. The zero-order valence-electron chi connectivity index (χ0n) is 5.11. The molecule has 2 heterocycles. The summed E-state index contributed by atoms with van der Waals surface area (Å²) in [6.45, 7) is 0. The molecule has 48 valence electrons. The summed E-state index contributed by atoms with van der Waals surface area (Å²) in [5.74, 6) is -0.0602. The van der Waals surface area contributed by atoms with Gasteiger partial charge < -0.3 is 0 Å². The van der Waals surface area contributed by atoms with Crippen LogP contribution in [0.3, 0.4) is 0 Å². The van der Waals surface area contributed by atoms with E-state index in [1.807, 2.05) is 0 Å². The number of Topliss-reactive ketones (excluding diaryl/α,β-unsaturated/α-hetero) is 1. The third-order valence-electron chi connectivity index (χ3n) is 1.40. The van der Waals surface area contributed by atoms with Crippen molar-refractivity contribution in [3.05, 3.63) is 23.5 Å². The van der Waals surface area contributed by atoms with E-state index < -0.39 is 0 Å². The summed E-state index contributed by atoms with van der Waals surface area (Å²) >= 11 is 0. The van der Waals surface area contributed by atoms with Crippen LogP contribution in [0.5, 0.6) is 0 Å².